The van der Waals surface area contributed by atoms with E-state index in [-0.39, 0.29) is 12.0 Å². The molecule has 6 heteroatoms. The van der Waals surface area contributed by atoms with E-state index in [4.69, 9.17) is 4.74 Å². The summed E-state index contributed by atoms with van der Waals surface area (Å²) >= 11 is 0. The number of rotatable bonds is 6. The van der Waals surface area contributed by atoms with Crippen molar-refractivity contribution in [3.05, 3.63) is 29.3 Å². The summed E-state index contributed by atoms with van der Waals surface area (Å²) in [6.07, 6.45) is 4.12. The standard InChI is InChI=1S/C20H32N4O2/c1-21-19(23-14-20(7-10-25)8-11-26-15-20)22-13-16-5-6-18-17(12-16)4-3-9-24(18)2/h5-6,12,25H,3-4,7-11,13-15H2,1-2H3,(H2,21,22,23). The Balaban J connectivity index is 1.54. The van der Waals surface area contributed by atoms with Crippen LogP contribution in [0, 0.1) is 5.41 Å². The van der Waals surface area contributed by atoms with Gasteiger partial charge < -0.3 is 25.4 Å². The van der Waals surface area contributed by atoms with Crippen molar-refractivity contribution in [2.75, 3.05) is 51.9 Å². The van der Waals surface area contributed by atoms with Crippen LogP contribution in [-0.2, 0) is 17.7 Å². The summed E-state index contributed by atoms with van der Waals surface area (Å²) in [5.41, 5.74) is 4.08. The van der Waals surface area contributed by atoms with Crippen molar-refractivity contribution in [2.45, 2.75) is 32.2 Å². The number of aliphatic hydroxyl groups is 1. The van der Waals surface area contributed by atoms with Crippen LogP contribution in [0.15, 0.2) is 23.2 Å². The smallest absolute Gasteiger partial charge is 0.191 e. The molecule has 0 amide bonds. The lowest BCUT2D eigenvalue weighted by atomic mass is 9.84. The Morgan fingerprint density at radius 1 is 1.38 bits per heavy atom. The summed E-state index contributed by atoms with van der Waals surface area (Å²) in [7, 11) is 3.96. The van der Waals surface area contributed by atoms with Crippen molar-refractivity contribution in [3.63, 3.8) is 0 Å². The fourth-order valence-corrected chi connectivity index (χ4v) is 3.94. The number of nitrogens with zero attached hydrogens (tertiary/aromatic N) is 2. The first kappa shape index (κ1) is 19.0. The first-order valence-corrected chi connectivity index (χ1v) is 9.62. The number of benzene rings is 1. The molecule has 2 aliphatic rings. The molecule has 0 bridgehead atoms. The normalized spacial score (nSPS) is 23.0. The van der Waals surface area contributed by atoms with Crippen LogP contribution in [0.25, 0.3) is 0 Å². The van der Waals surface area contributed by atoms with Crippen LogP contribution >= 0.6 is 0 Å². The highest BCUT2D eigenvalue weighted by Gasteiger charge is 2.34. The van der Waals surface area contributed by atoms with Crippen LogP contribution in [0.1, 0.15) is 30.4 Å². The van der Waals surface area contributed by atoms with Gasteiger partial charge in [-0.3, -0.25) is 4.99 Å². The largest absolute Gasteiger partial charge is 0.396 e. The van der Waals surface area contributed by atoms with E-state index in [2.05, 4.69) is 45.8 Å². The Morgan fingerprint density at radius 3 is 3.00 bits per heavy atom. The number of aliphatic hydroxyl groups excluding tert-OH is 1. The Morgan fingerprint density at radius 2 is 2.27 bits per heavy atom. The lowest BCUT2D eigenvalue weighted by Crippen LogP contribution is -2.44. The zero-order valence-corrected chi connectivity index (χ0v) is 16.1. The molecule has 1 atom stereocenters. The molecule has 0 radical (unpaired) electrons. The molecule has 1 fully saturated rings. The monoisotopic (exact) mass is 360 g/mol. The Labute approximate surface area is 156 Å². The van der Waals surface area contributed by atoms with Gasteiger partial charge in [-0.1, -0.05) is 12.1 Å². The molecule has 1 unspecified atom stereocenters. The summed E-state index contributed by atoms with van der Waals surface area (Å²) in [6, 6.07) is 6.73. The van der Waals surface area contributed by atoms with Gasteiger partial charge in [0.25, 0.3) is 0 Å². The molecule has 1 saturated heterocycles. The van der Waals surface area contributed by atoms with Crippen molar-refractivity contribution in [2.24, 2.45) is 10.4 Å². The lowest BCUT2D eigenvalue weighted by molar-refractivity contribution is 0.127. The molecule has 1 aromatic rings. The molecule has 0 aliphatic carbocycles. The fraction of sp³-hybridized carbons (Fsp3) is 0.650. The number of aliphatic imine (C=N–C) groups is 1. The molecule has 6 nitrogen and oxygen atoms in total. The van der Waals surface area contributed by atoms with Gasteiger partial charge in [-0.05, 0) is 42.9 Å². The predicted molar refractivity (Wildman–Crippen MR) is 106 cm³/mol. The molecular formula is C20H32N4O2. The van der Waals surface area contributed by atoms with Gasteiger partial charge >= 0.3 is 0 Å². The average molecular weight is 361 g/mol. The SMILES string of the molecule is CN=C(NCc1ccc2c(c1)CCCN2C)NCC1(CCO)CCOC1. The third-order valence-corrected chi connectivity index (χ3v) is 5.64. The molecule has 0 aromatic heterocycles. The summed E-state index contributed by atoms with van der Waals surface area (Å²) in [4.78, 5) is 6.67. The minimum Gasteiger partial charge on any atom is -0.396 e. The maximum Gasteiger partial charge on any atom is 0.191 e. The first-order chi connectivity index (χ1) is 12.7. The van der Waals surface area contributed by atoms with Crippen LogP contribution in [0.5, 0.6) is 0 Å². The van der Waals surface area contributed by atoms with Crippen molar-refractivity contribution in [1.29, 1.82) is 0 Å². The van der Waals surface area contributed by atoms with E-state index >= 15 is 0 Å². The van der Waals surface area contributed by atoms with Gasteiger partial charge in [-0.15, -0.1) is 0 Å². The Bertz CT molecular complexity index is 626. The zero-order valence-electron chi connectivity index (χ0n) is 16.1. The minimum absolute atomic E-state index is 0.0166. The van der Waals surface area contributed by atoms with Gasteiger partial charge in [0.05, 0.1) is 6.61 Å². The quantitative estimate of drug-likeness (QED) is 0.530. The van der Waals surface area contributed by atoms with Gasteiger partial charge in [0, 0.05) is 58.0 Å². The number of hydrogen-bond acceptors (Lipinski definition) is 4. The molecule has 2 aliphatic heterocycles. The van der Waals surface area contributed by atoms with Gasteiger partial charge in [0.1, 0.15) is 0 Å². The van der Waals surface area contributed by atoms with E-state index in [0.29, 0.717) is 6.61 Å². The first-order valence-electron chi connectivity index (χ1n) is 9.62. The van der Waals surface area contributed by atoms with E-state index in [9.17, 15) is 5.11 Å². The highest BCUT2D eigenvalue weighted by atomic mass is 16.5. The Kier molecular flexibility index (Phi) is 6.38. The van der Waals surface area contributed by atoms with Gasteiger partial charge in [0.2, 0.25) is 0 Å². The second-order valence-electron chi connectivity index (χ2n) is 7.54. The van der Waals surface area contributed by atoms with Gasteiger partial charge in [-0.25, -0.2) is 0 Å². The number of guanidine groups is 1. The van der Waals surface area contributed by atoms with Crippen LogP contribution in [-0.4, -0.2) is 58.1 Å². The van der Waals surface area contributed by atoms with E-state index < -0.39 is 0 Å². The van der Waals surface area contributed by atoms with E-state index in [0.717, 1.165) is 51.5 Å². The summed E-state index contributed by atoms with van der Waals surface area (Å²) in [5, 5.41) is 16.2. The summed E-state index contributed by atoms with van der Waals surface area (Å²) in [6.45, 7) is 4.33. The van der Waals surface area contributed by atoms with Crippen molar-refractivity contribution >= 4 is 11.6 Å². The van der Waals surface area contributed by atoms with Crippen molar-refractivity contribution in [3.8, 4) is 0 Å². The summed E-state index contributed by atoms with van der Waals surface area (Å²) in [5.74, 6) is 0.795. The maximum atomic E-state index is 9.35. The molecule has 1 aromatic carbocycles. The second-order valence-corrected chi connectivity index (χ2v) is 7.54. The number of ether oxygens (including phenoxy) is 1. The molecular weight excluding hydrogens is 328 g/mol. The van der Waals surface area contributed by atoms with Crippen molar-refractivity contribution < 1.29 is 9.84 Å². The maximum absolute atomic E-state index is 9.35. The summed E-state index contributed by atoms with van der Waals surface area (Å²) < 4.78 is 5.55. The van der Waals surface area contributed by atoms with Crippen LogP contribution in [0.4, 0.5) is 5.69 Å². The van der Waals surface area contributed by atoms with E-state index in [1.807, 2.05) is 0 Å². The Hall–Kier alpha value is -1.79. The average Bonchev–Trinajstić information content (AvgIpc) is 3.11. The predicted octanol–water partition coefficient (Wildman–Crippen LogP) is 1.52. The minimum atomic E-state index is 0.0166. The zero-order chi connectivity index (χ0) is 18.4. The number of nitrogens with one attached hydrogen (secondary N) is 2. The topological polar surface area (TPSA) is 69.1 Å². The van der Waals surface area contributed by atoms with Gasteiger partial charge in [-0.2, -0.15) is 0 Å². The third kappa shape index (κ3) is 4.48. The van der Waals surface area contributed by atoms with Crippen LogP contribution in [0.3, 0.4) is 0 Å². The lowest BCUT2D eigenvalue weighted by Gasteiger charge is -2.28. The highest BCUT2D eigenvalue weighted by Crippen LogP contribution is 2.31. The number of fused-ring (bicyclic) bond motifs is 1. The molecule has 3 rings (SSSR count). The molecule has 26 heavy (non-hydrogen) atoms. The molecule has 0 saturated carbocycles. The van der Waals surface area contributed by atoms with E-state index in [1.54, 1.807) is 7.05 Å². The van der Waals surface area contributed by atoms with Crippen molar-refractivity contribution in [1.82, 2.24) is 10.6 Å². The fourth-order valence-electron chi connectivity index (χ4n) is 3.94. The number of aryl methyl sites for hydroxylation is 1. The van der Waals surface area contributed by atoms with E-state index in [1.165, 1.54) is 23.2 Å². The highest BCUT2D eigenvalue weighted by molar-refractivity contribution is 5.79. The molecule has 2 heterocycles. The van der Waals surface area contributed by atoms with Crippen LogP contribution in [0.2, 0.25) is 0 Å². The number of anilines is 1. The van der Waals surface area contributed by atoms with Gasteiger partial charge in [0.15, 0.2) is 5.96 Å². The second kappa shape index (κ2) is 8.73. The third-order valence-electron chi connectivity index (χ3n) is 5.64. The van der Waals surface area contributed by atoms with Crippen LogP contribution < -0.4 is 15.5 Å². The molecule has 3 N–H and O–H groups in total. The molecule has 0 spiro atoms. The molecule has 144 valence electrons. The number of hydrogen-bond donors (Lipinski definition) is 3.